The number of aromatic nitrogens is 4. The summed E-state index contributed by atoms with van der Waals surface area (Å²) in [6.07, 6.45) is 3.36. The number of carbonyl (C=O) groups excluding carboxylic acids is 1. The minimum Gasteiger partial charge on any atom is -0.461 e. The van der Waals surface area contributed by atoms with Gasteiger partial charge in [-0.2, -0.15) is 0 Å². The third-order valence-corrected chi connectivity index (χ3v) is 4.82. The van der Waals surface area contributed by atoms with E-state index in [0.717, 1.165) is 10.9 Å². The molecule has 1 aromatic carbocycles. The molecular formula is C17H14N4O2S. The number of thioether (sulfide) groups is 1. The van der Waals surface area contributed by atoms with E-state index in [4.69, 9.17) is 4.42 Å². The van der Waals surface area contributed by atoms with Gasteiger partial charge in [-0.05, 0) is 18.2 Å². The number of benzene rings is 1. The number of furan rings is 1. The molecule has 0 amide bonds. The molecule has 0 spiro atoms. The van der Waals surface area contributed by atoms with Gasteiger partial charge in [-0.3, -0.25) is 4.79 Å². The van der Waals surface area contributed by atoms with Crippen LogP contribution in [-0.2, 0) is 7.05 Å². The number of para-hydroxylation sites is 1. The lowest BCUT2D eigenvalue weighted by Gasteiger charge is -2.02. The van der Waals surface area contributed by atoms with Gasteiger partial charge < -0.3 is 14.0 Å². The van der Waals surface area contributed by atoms with Crippen LogP contribution >= 0.6 is 11.8 Å². The van der Waals surface area contributed by atoms with Crippen molar-refractivity contribution in [1.29, 1.82) is 0 Å². The first kappa shape index (κ1) is 14.8. The number of Topliss-reactive ketones (excluding diaryl/α,β-unsaturated/α-hetero) is 1. The quantitative estimate of drug-likeness (QED) is 0.445. The zero-order valence-corrected chi connectivity index (χ0v) is 13.7. The molecule has 0 aliphatic rings. The molecule has 6 nitrogen and oxygen atoms in total. The fourth-order valence-electron chi connectivity index (χ4n) is 2.57. The van der Waals surface area contributed by atoms with Crippen molar-refractivity contribution < 1.29 is 9.21 Å². The third kappa shape index (κ3) is 2.52. The number of hydrogen-bond donors (Lipinski definition) is 1. The molecule has 3 aromatic heterocycles. The van der Waals surface area contributed by atoms with E-state index in [1.54, 1.807) is 18.5 Å². The molecule has 24 heavy (non-hydrogen) atoms. The summed E-state index contributed by atoms with van der Waals surface area (Å²) in [5.41, 5.74) is 1.66. The second-order valence-corrected chi connectivity index (χ2v) is 6.24. The van der Waals surface area contributed by atoms with Crippen LogP contribution in [0.2, 0.25) is 0 Å². The molecule has 0 saturated heterocycles. The van der Waals surface area contributed by atoms with E-state index in [-0.39, 0.29) is 5.78 Å². The number of ketones is 1. The molecule has 4 rings (SSSR count). The van der Waals surface area contributed by atoms with E-state index < -0.39 is 0 Å². The third-order valence-electron chi connectivity index (χ3n) is 3.80. The van der Waals surface area contributed by atoms with Crippen molar-refractivity contribution in [3.8, 4) is 11.6 Å². The molecule has 0 saturated carbocycles. The largest absolute Gasteiger partial charge is 0.461 e. The predicted octanol–water partition coefficient (Wildman–Crippen LogP) is 3.53. The molecule has 3 heterocycles. The Morgan fingerprint density at radius 2 is 2.12 bits per heavy atom. The normalized spacial score (nSPS) is 11.2. The smallest absolute Gasteiger partial charge is 0.200 e. The molecule has 0 atom stereocenters. The van der Waals surface area contributed by atoms with Gasteiger partial charge in [0.1, 0.15) is 0 Å². The number of nitrogens with zero attached hydrogens (tertiary/aromatic N) is 3. The first-order valence-corrected chi connectivity index (χ1v) is 8.38. The van der Waals surface area contributed by atoms with Gasteiger partial charge in [-0.25, -0.2) is 0 Å². The van der Waals surface area contributed by atoms with Crippen LogP contribution in [0.5, 0.6) is 0 Å². The Kier molecular flexibility index (Phi) is 3.70. The van der Waals surface area contributed by atoms with Gasteiger partial charge in [-0.1, -0.05) is 30.0 Å². The lowest BCUT2D eigenvalue weighted by Crippen LogP contribution is -2.03. The summed E-state index contributed by atoms with van der Waals surface area (Å²) in [4.78, 5) is 15.6. The predicted molar refractivity (Wildman–Crippen MR) is 92.1 cm³/mol. The number of fused-ring (bicyclic) bond motifs is 1. The molecular weight excluding hydrogens is 324 g/mol. The SMILES string of the molecule is Cn1c(SCC(=O)c2c[nH]c3ccccc23)nnc1-c1ccco1. The van der Waals surface area contributed by atoms with Crippen molar-refractivity contribution in [2.45, 2.75) is 5.16 Å². The Balaban J connectivity index is 1.52. The molecule has 0 aliphatic heterocycles. The Morgan fingerprint density at radius 3 is 2.96 bits per heavy atom. The van der Waals surface area contributed by atoms with E-state index in [2.05, 4.69) is 15.2 Å². The second kappa shape index (κ2) is 6.01. The Labute approximate surface area is 141 Å². The zero-order valence-electron chi connectivity index (χ0n) is 12.9. The number of H-pyrrole nitrogens is 1. The maximum atomic E-state index is 12.5. The average Bonchev–Trinajstić information content (AvgIpc) is 3.32. The first-order chi connectivity index (χ1) is 11.7. The lowest BCUT2D eigenvalue weighted by molar-refractivity contribution is 0.102. The van der Waals surface area contributed by atoms with E-state index >= 15 is 0 Å². The van der Waals surface area contributed by atoms with Crippen molar-refractivity contribution in [3.05, 3.63) is 54.4 Å². The average molecular weight is 338 g/mol. The van der Waals surface area contributed by atoms with E-state index in [9.17, 15) is 4.79 Å². The summed E-state index contributed by atoms with van der Waals surface area (Å²) in [7, 11) is 1.86. The maximum absolute atomic E-state index is 12.5. The summed E-state index contributed by atoms with van der Waals surface area (Å²) in [6.45, 7) is 0. The molecule has 4 aromatic rings. The van der Waals surface area contributed by atoms with Gasteiger partial charge in [0.15, 0.2) is 22.5 Å². The van der Waals surface area contributed by atoms with Crippen molar-refractivity contribution in [3.63, 3.8) is 0 Å². The molecule has 0 fully saturated rings. The van der Waals surface area contributed by atoms with Crippen LogP contribution in [0, 0.1) is 0 Å². The molecule has 0 unspecified atom stereocenters. The molecule has 120 valence electrons. The topological polar surface area (TPSA) is 76.7 Å². The highest BCUT2D eigenvalue weighted by Gasteiger charge is 2.16. The Morgan fingerprint density at radius 1 is 1.25 bits per heavy atom. The summed E-state index contributed by atoms with van der Waals surface area (Å²) >= 11 is 1.36. The number of aromatic amines is 1. The zero-order chi connectivity index (χ0) is 16.5. The summed E-state index contributed by atoms with van der Waals surface area (Å²) in [6, 6.07) is 11.4. The summed E-state index contributed by atoms with van der Waals surface area (Å²) < 4.78 is 7.17. The van der Waals surface area contributed by atoms with Crippen LogP contribution in [0.3, 0.4) is 0 Å². The number of nitrogens with one attached hydrogen (secondary N) is 1. The molecule has 7 heteroatoms. The fourth-order valence-corrected chi connectivity index (χ4v) is 3.37. The van der Waals surface area contributed by atoms with Crippen molar-refractivity contribution in [2.24, 2.45) is 7.05 Å². The standard InChI is InChI=1S/C17H14N4O2S/c1-21-16(15-7-4-8-23-15)19-20-17(21)24-10-14(22)12-9-18-13-6-3-2-5-11(12)13/h2-9,18H,10H2,1H3. The van der Waals surface area contributed by atoms with Crippen molar-refractivity contribution in [1.82, 2.24) is 19.7 Å². The van der Waals surface area contributed by atoms with Gasteiger partial charge in [0, 0.05) is 29.7 Å². The number of rotatable bonds is 5. The van der Waals surface area contributed by atoms with E-state index in [0.29, 0.717) is 28.1 Å². The minimum absolute atomic E-state index is 0.0556. The number of carbonyl (C=O) groups is 1. The Bertz CT molecular complexity index is 1000. The van der Waals surface area contributed by atoms with Crippen molar-refractivity contribution >= 4 is 28.4 Å². The Hall–Kier alpha value is -2.80. The first-order valence-electron chi connectivity index (χ1n) is 7.39. The van der Waals surface area contributed by atoms with Crippen LogP contribution in [0.15, 0.2) is 58.4 Å². The fraction of sp³-hybridized carbons (Fsp3) is 0.118. The highest BCUT2D eigenvalue weighted by Crippen LogP contribution is 2.25. The van der Waals surface area contributed by atoms with Crippen LogP contribution in [0.4, 0.5) is 0 Å². The second-order valence-electron chi connectivity index (χ2n) is 5.30. The van der Waals surface area contributed by atoms with Gasteiger partial charge in [-0.15, -0.1) is 10.2 Å². The van der Waals surface area contributed by atoms with E-state index in [1.165, 1.54) is 11.8 Å². The monoisotopic (exact) mass is 338 g/mol. The van der Waals surface area contributed by atoms with Crippen LogP contribution in [-0.4, -0.2) is 31.3 Å². The summed E-state index contributed by atoms with van der Waals surface area (Å²) in [5.74, 6) is 1.65. The van der Waals surface area contributed by atoms with Crippen molar-refractivity contribution in [2.75, 3.05) is 5.75 Å². The molecule has 0 radical (unpaired) electrons. The van der Waals surface area contributed by atoms with Gasteiger partial charge in [0.25, 0.3) is 0 Å². The van der Waals surface area contributed by atoms with Crippen LogP contribution < -0.4 is 0 Å². The molecule has 0 bridgehead atoms. The van der Waals surface area contributed by atoms with Gasteiger partial charge in [0.05, 0.1) is 12.0 Å². The maximum Gasteiger partial charge on any atom is 0.200 e. The van der Waals surface area contributed by atoms with Gasteiger partial charge >= 0.3 is 0 Å². The lowest BCUT2D eigenvalue weighted by atomic mass is 10.1. The van der Waals surface area contributed by atoms with Gasteiger partial charge in [0.2, 0.25) is 0 Å². The molecule has 0 aliphatic carbocycles. The minimum atomic E-state index is 0.0556. The van der Waals surface area contributed by atoms with Crippen LogP contribution in [0.1, 0.15) is 10.4 Å². The highest BCUT2D eigenvalue weighted by atomic mass is 32.2. The molecule has 1 N–H and O–H groups in total. The number of hydrogen-bond acceptors (Lipinski definition) is 5. The van der Waals surface area contributed by atoms with Crippen LogP contribution in [0.25, 0.3) is 22.5 Å². The summed E-state index contributed by atoms with van der Waals surface area (Å²) in [5, 5.41) is 9.89. The van der Waals surface area contributed by atoms with E-state index in [1.807, 2.05) is 41.9 Å². The highest BCUT2D eigenvalue weighted by molar-refractivity contribution is 7.99.